The van der Waals surface area contributed by atoms with Gasteiger partial charge in [-0.05, 0) is 6.92 Å². The normalized spacial score (nSPS) is 13.4. The van der Waals surface area contributed by atoms with E-state index in [1.165, 1.54) is 6.08 Å². The Hall–Kier alpha value is -2.01. The minimum atomic E-state index is 0.885. The number of fused-ring (bicyclic) bond motifs is 1. The summed E-state index contributed by atoms with van der Waals surface area (Å²) in [6.07, 6.45) is 3.55. The van der Waals surface area contributed by atoms with Crippen molar-refractivity contribution < 1.29 is 0 Å². The fourth-order valence-corrected chi connectivity index (χ4v) is 1.64. The molecule has 68 valence electrons. The van der Waals surface area contributed by atoms with Gasteiger partial charge < -0.3 is 4.98 Å². The highest BCUT2D eigenvalue weighted by Crippen LogP contribution is 2.02. The van der Waals surface area contributed by atoms with Crippen LogP contribution < -0.4 is 10.7 Å². The number of hydrogen-bond acceptors (Lipinski definition) is 1. The topological polar surface area (TPSA) is 39.6 Å². The van der Waals surface area contributed by atoms with E-state index < -0.39 is 0 Å². The molecule has 1 heterocycles. The van der Waals surface area contributed by atoms with Crippen LogP contribution in [0.25, 0.3) is 22.9 Å². The summed E-state index contributed by atoms with van der Waals surface area (Å²) >= 11 is 0. The monoisotopic (exact) mass is 182 g/mol. The van der Waals surface area contributed by atoms with E-state index in [1.54, 1.807) is 0 Å². The van der Waals surface area contributed by atoms with Crippen LogP contribution in [0.1, 0.15) is 6.92 Å². The third-order valence-corrected chi connectivity index (χ3v) is 2.27. The molecule has 0 spiro atoms. The summed E-state index contributed by atoms with van der Waals surface area (Å²) in [5.74, 6) is 0. The number of hydrogen-bond donors (Lipinski definition) is 1. The van der Waals surface area contributed by atoms with Gasteiger partial charge in [0.05, 0.1) is 11.4 Å². The van der Waals surface area contributed by atoms with E-state index in [0.29, 0.717) is 0 Å². The van der Waals surface area contributed by atoms with Crippen LogP contribution in [0.4, 0.5) is 0 Å². The molecule has 0 bridgehead atoms. The molecule has 1 aromatic carbocycles. The van der Waals surface area contributed by atoms with Gasteiger partial charge in [0.25, 0.3) is 0 Å². The lowest BCUT2D eigenvalue weighted by Crippen LogP contribution is -2.08. The molecule has 0 aliphatic heterocycles. The van der Waals surface area contributed by atoms with Crippen LogP contribution in [0.3, 0.4) is 0 Å². The first-order valence-corrected chi connectivity index (χ1v) is 4.49. The van der Waals surface area contributed by atoms with Crippen molar-refractivity contribution in [1.29, 1.82) is 5.26 Å². The molecule has 0 aliphatic rings. The predicted octanol–water partition coefficient (Wildman–Crippen LogP) is 1.27. The Bertz CT molecular complexity index is 612. The summed E-state index contributed by atoms with van der Waals surface area (Å²) in [4.78, 5) is 3.21. The summed E-state index contributed by atoms with van der Waals surface area (Å²) in [6, 6.07) is 10.1. The molecule has 0 saturated heterocycles. The zero-order chi connectivity index (χ0) is 9.97. The van der Waals surface area contributed by atoms with Gasteiger partial charge in [-0.3, -0.25) is 0 Å². The molecule has 0 unspecified atom stereocenters. The third-order valence-electron chi connectivity index (χ3n) is 2.27. The highest BCUT2D eigenvalue weighted by atomic mass is 14.7. The lowest BCUT2D eigenvalue weighted by molar-refractivity contribution is 1.28. The predicted molar refractivity (Wildman–Crippen MR) is 57.8 cm³/mol. The highest BCUT2D eigenvalue weighted by molar-refractivity contribution is 5.84. The Morgan fingerprint density at radius 3 is 2.43 bits per heavy atom. The van der Waals surface area contributed by atoms with Crippen molar-refractivity contribution >= 4 is 22.9 Å². The third kappa shape index (κ3) is 1.20. The van der Waals surface area contributed by atoms with Gasteiger partial charge >= 0.3 is 0 Å². The number of nitriles is 1. The number of H-pyrrole nitrogens is 1. The quantitative estimate of drug-likeness (QED) is 0.654. The Kier molecular flexibility index (Phi) is 2.08. The van der Waals surface area contributed by atoms with Gasteiger partial charge in [-0.1, -0.05) is 30.3 Å². The summed E-state index contributed by atoms with van der Waals surface area (Å²) in [7, 11) is 0. The van der Waals surface area contributed by atoms with Crippen LogP contribution in [0, 0.1) is 11.3 Å². The van der Waals surface area contributed by atoms with Crippen molar-refractivity contribution in [2.24, 2.45) is 0 Å². The molecule has 0 saturated carbocycles. The average Bonchev–Trinajstić information content (AvgIpc) is 2.58. The maximum Gasteiger partial charge on any atom is 0.0934 e. The Balaban J connectivity index is 3.04. The summed E-state index contributed by atoms with van der Waals surface area (Å²) in [6.45, 7) is 1.98. The molecule has 2 rings (SSSR count). The first kappa shape index (κ1) is 8.58. The lowest BCUT2D eigenvalue weighted by Gasteiger charge is -1.85. The van der Waals surface area contributed by atoms with Crippen LogP contribution in [0.2, 0.25) is 0 Å². The van der Waals surface area contributed by atoms with Crippen LogP contribution in [0.5, 0.6) is 0 Å². The zero-order valence-corrected chi connectivity index (χ0v) is 7.91. The maximum absolute atomic E-state index is 8.63. The number of nitrogens with one attached hydrogen (secondary N) is 1. The van der Waals surface area contributed by atoms with E-state index in [9.17, 15) is 0 Å². The number of nitrogens with zero attached hydrogens (tertiary/aromatic N) is 1. The second-order valence-electron chi connectivity index (χ2n) is 3.06. The van der Waals surface area contributed by atoms with E-state index in [-0.39, 0.29) is 0 Å². The van der Waals surface area contributed by atoms with E-state index in [0.717, 1.165) is 21.5 Å². The molecule has 0 aliphatic carbocycles. The molecule has 0 radical (unpaired) electrons. The molecule has 14 heavy (non-hydrogen) atoms. The molecule has 0 fully saturated rings. The molecule has 1 N–H and O–H groups in total. The Morgan fingerprint density at radius 1 is 1.21 bits per heavy atom. The first-order valence-electron chi connectivity index (χ1n) is 4.49. The molecule has 2 heteroatoms. The van der Waals surface area contributed by atoms with Gasteiger partial charge in [-0.15, -0.1) is 0 Å². The van der Waals surface area contributed by atoms with Gasteiger partial charge in [0.2, 0.25) is 0 Å². The number of benzene rings is 1. The van der Waals surface area contributed by atoms with Crippen molar-refractivity contribution in [3.63, 3.8) is 0 Å². The van der Waals surface area contributed by atoms with E-state index in [1.807, 2.05) is 37.3 Å². The van der Waals surface area contributed by atoms with Crippen LogP contribution in [-0.4, -0.2) is 4.98 Å². The standard InChI is InChI=1S/C12H10N2/c1-2-11-9-5-3-4-6-10(9)12(14-11)7-8-13/h2-7,14H,1H3/b11-2-,12-7+. The molecule has 1 aromatic heterocycles. The Labute approximate surface area is 81.8 Å². The second kappa shape index (κ2) is 3.39. The van der Waals surface area contributed by atoms with E-state index >= 15 is 0 Å². The molecule has 2 aromatic rings. The zero-order valence-electron chi connectivity index (χ0n) is 7.91. The van der Waals surface area contributed by atoms with E-state index in [2.05, 4.69) is 11.1 Å². The minimum absolute atomic E-state index is 0.885. The van der Waals surface area contributed by atoms with Crippen molar-refractivity contribution in [2.45, 2.75) is 6.92 Å². The lowest BCUT2D eigenvalue weighted by atomic mass is 10.2. The number of aromatic amines is 1. The summed E-state index contributed by atoms with van der Waals surface area (Å²) < 4.78 is 0. The Morgan fingerprint density at radius 2 is 1.86 bits per heavy atom. The number of rotatable bonds is 0. The van der Waals surface area contributed by atoms with Gasteiger partial charge in [0.15, 0.2) is 0 Å². The van der Waals surface area contributed by atoms with Crippen molar-refractivity contribution in [3.05, 3.63) is 35.0 Å². The number of aromatic nitrogens is 1. The smallest absolute Gasteiger partial charge is 0.0934 e. The van der Waals surface area contributed by atoms with Crippen LogP contribution in [0.15, 0.2) is 24.3 Å². The SMILES string of the molecule is C/C=c1\[nH]/c(=C/C#N)c2ccccc12. The molecule has 0 atom stereocenters. The molecule has 2 nitrogen and oxygen atoms in total. The van der Waals surface area contributed by atoms with Gasteiger partial charge in [-0.2, -0.15) is 5.26 Å². The van der Waals surface area contributed by atoms with Crippen LogP contribution >= 0.6 is 0 Å². The van der Waals surface area contributed by atoms with Crippen molar-refractivity contribution in [2.75, 3.05) is 0 Å². The second-order valence-corrected chi connectivity index (χ2v) is 3.06. The van der Waals surface area contributed by atoms with Gasteiger partial charge in [0.1, 0.15) is 0 Å². The molecular formula is C12H10N2. The molecule has 0 amide bonds. The van der Waals surface area contributed by atoms with Crippen molar-refractivity contribution in [3.8, 4) is 6.07 Å². The van der Waals surface area contributed by atoms with Gasteiger partial charge in [0, 0.05) is 22.2 Å². The van der Waals surface area contributed by atoms with Crippen molar-refractivity contribution in [1.82, 2.24) is 4.98 Å². The minimum Gasteiger partial charge on any atom is -0.354 e. The summed E-state index contributed by atoms with van der Waals surface area (Å²) in [5, 5.41) is 12.8. The molecular weight excluding hydrogens is 172 g/mol. The van der Waals surface area contributed by atoms with E-state index in [4.69, 9.17) is 5.26 Å². The maximum atomic E-state index is 8.63. The highest BCUT2D eigenvalue weighted by Gasteiger charge is 1.97. The van der Waals surface area contributed by atoms with Gasteiger partial charge in [-0.25, -0.2) is 0 Å². The fourth-order valence-electron chi connectivity index (χ4n) is 1.64. The van der Waals surface area contributed by atoms with Crippen LogP contribution in [-0.2, 0) is 0 Å². The largest absolute Gasteiger partial charge is 0.354 e. The summed E-state index contributed by atoms with van der Waals surface area (Å²) in [5.41, 5.74) is 0. The average molecular weight is 182 g/mol. The first-order chi connectivity index (χ1) is 6.86. The fraction of sp³-hybridized carbons (Fsp3) is 0.0833.